The van der Waals surface area contributed by atoms with Crippen molar-refractivity contribution in [2.24, 2.45) is 0 Å². The van der Waals surface area contributed by atoms with E-state index in [1.165, 1.54) is 29.5 Å². The van der Waals surface area contributed by atoms with E-state index < -0.39 is 5.82 Å². The van der Waals surface area contributed by atoms with E-state index in [-0.39, 0.29) is 5.91 Å². The number of nitrogens with zero attached hydrogens (tertiary/aromatic N) is 3. The van der Waals surface area contributed by atoms with Crippen LogP contribution in [0.1, 0.15) is 10.4 Å². The van der Waals surface area contributed by atoms with E-state index in [1.807, 2.05) is 31.1 Å². The smallest absolute Gasteiger partial charge is 0.260 e. The second-order valence-corrected chi connectivity index (χ2v) is 7.74. The van der Waals surface area contributed by atoms with Crippen LogP contribution in [0.5, 0.6) is 11.5 Å². The second kappa shape index (κ2) is 7.73. The monoisotopic (exact) mass is 401 g/mol. The Labute approximate surface area is 166 Å². The summed E-state index contributed by atoms with van der Waals surface area (Å²) in [7, 11) is 3.87. The molecule has 0 radical (unpaired) electrons. The van der Waals surface area contributed by atoms with Crippen molar-refractivity contribution < 1.29 is 18.7 Å². The first-order valence-electron chi connectivity index (χ1n) is 8.93. The molecular weight excluding hydrogens is 381 g/mol. The molecule has 0 unspecified atom stereocenters. The maximum absolute atomic E-state index is 13.6. The highest BCUT2D eigenvalue weighted by molar-refractivity contribution is 7.22. The number of likely N-dealkylation sites (N-methyl/N-ethyl adjacent to an activating group) is 1. The van der Waals surface area contributed by atoms with Gasteiger partial charge in [-0.3, -0.25) is 9.69 Å². The molecule has 6 nitrogen and oxygen atoms in total. The first kappa shape index (κ1) is 18.6. The number of amides is 1. The van der Waals surface area contributed by atoms with Crippen molar-refractivity contribution in [1.82, 2.24) is 9.88 Å². The van der Waals surface area contributed by atoms with Crippen LogP contribution < -0.4 is 14.4 Å². The summed E-state index contributed by atoms with van der Waals surface area (Å²) in [6.07, 6.45) is 0. The van der Waals surface area contributed by atoms with Crippen LogP contribution in [-0.4, -0.2) is 56.2 Å². The summed E-state index contributed by atoms with van der Waals surface area (Å²) in [5, 5.41) is 0.563. The van der Waals surface area contributed by atoms with Gasteiger partial charge < -0.3 is 14.4 Å². The second-order valence-electron chi connectivity index (χ2n) is 6.73. The molecule has 0 atom stereocenters. The van der Waals surface area contributed by atoms with Gasteiger partial charge in [0.05, 0.1) is 10.2 Å². The van der Waals surface area contributed by atoms with E-state index in [0.29, 0.717) is 48.5 Å². The molecule has 0 saturated carbocycles. The molecule has 1 amide bonds. The Kier molecular flexibility index (Phi) is 5.15. The third-order valence-electron chi connectivity index (χ3n) is 4.36. The number of fused-ring (bicyclic) bond motifs is 2. The van der Waals surface area contributed by atoms with E-state index in [9.17, 15) is 9.18 Å². The quantitative estimate of drug-likeness (QED) is 0.656. The normalized spacial score (nSPS) is 13.1. The number of carbonyl (C=O) groups is 1. The van der Waals surface area contributed by atoms with Gasteiger partial charge in [0.25, 0.3) is 5.91 Å². The number of benzene rings is 2. The highest BCUT2D eigenvalue weighted by Crippen LogP contribution is 2.39. The Morgan fingerprint density at radius 2 is 1.89 bits per heavy atom. The molecule has 3 aromatic rings. The lowest BCUT2D eigenvalue weighted by molar-refractivity contribution is 0.0984. The van der Waals surface area contributed by atoms with E-state index >= 15 is 0 Å². The summed E-state index contributed by atoms with van der Waals surface area (Å²) >= 11 is 1.40. The van der Waals surface area contributed by atoms with E-state index in [0.717, 1.165) is 10.2 Å². The fourth-order valence-corrected chi connectivity index (χ4v) is 3.93. The average Bonchev–Trinajstić information content (AvgIpc) is 3.08. The van der Waals surface area contributed by atoms with Gasteiger partial charge in [0.1, 0.15) is 19.0 Å². The van der Waals surface area contributed by atoms with Crippen molar-refractivity contribution in [1.29, 1.82) is 0 Å². The molecule has 0 N–H and O–H groups in total. The number of aromatic nitrogens is 1. The minimum Gasteiger partial charge on any atom is -0.486 e. The molecule has 28 heavy (non-hydrogen) atoms. The zero-order valence-corrected chi connectivity index (χ0v) is 16.5. The topological polar surface area (TPSA) is 54.9 Å². The van der Waals surface area contributed by atoms with E-state index in [4.69, 9.17) is 9.47 Å². The van der Waals surface area contributed by atoms with Crippen LogP contribution in [0.15, 0.2) is 36.4 Å². The van der Waals surface area contributed by atoms with Gasteiger partial charge in [-0.2, -0.15) is 0 Å². The summed E-state index contributed by atoms with van der Waals surface area (Å²) < 4.78 is 25.8. The molecule has 0 spiro atoms. The van der Waals surface area contributed by atoms with E-state index in [2.05, 4.69) is 4.98 Å². The standard InChI is InChI=1S/C20H20FN3O3S/c1-23(2)6-7-24(19(25)13-4-3-5-14(21)10-13)20-22-15-11-16-17(12-18(15)28-20)27-9-8-26-16/h3-5,10-12H,6-9H2,1-2H3. The molecule has 4 rings (SSSR count). The fraction of sp³-hybridized carbons (Fsp3) is 0.300. The van der Waals surface area contributed by atoms with Crippen LogP contribution in [0.2, 0.25) is 0 Å². The zero-order valence-electron chi connectivity index (χ0n) is 15.6. The molecule has 2 heterocycles. The molecule has 8 heteroatoms. The molecule has 2 aromatic carbocycles. The Morgan fingerprint density at radius 3 is 2.61 bits per heavy atom. The number of carbonyl (C=O) groups excluding carboxylic acids is 1. The summed E-state index contributed by atoms with van der Waals surface area (Å²) in [6, 6.07) is 9.44. The fourth-order valence-electron chi connectivity index (χ4n) is 2.93. The molecule has 0 saturated heterocycles. The lowest BCUT2D eigenvalue weighted by Gasteiger charge is -2.22. The summed E-state index contributed by atoms with van der Waals surface area (Å²) in [5.41, 5.74) is 1.04. The third kappa shape index (κ3) is 3.79. The van der Waals surface area contributed by atoms with Crippen LogP contribution in [0.4, 0.5) is 9.52 Å². The number of halogens is 1. The van der Waals surface area contributed by atoms with Crippen LogP contribution in [-0.2, 0) is 0 Å². The average molecular weight is 401 g/mol. The number of ether oxygens (including phenoxy) is 2. The van der Waals surface area contributed by atoms with Crippen LogP contribution in [0.25, 0.3) is 10.2 Å². The van der Waals surface area contributed by atoms with Crippen LogP contribution >= 0.6 is 11.3 Å². The van der Waals surface area contributed by atoms with Gasteiger partial charge in [-0.15, -0.1) is 0 Å². The molecule has 1 aliphatic heterocycles. The maximum Gasteiger partial charge on any atom is 0.260 e. The predicted molar refractivity (Wildman–Crippen MR) is 107 cm³/mol. The number of hydrogen-bond donors (Lipinski definition) is 0. The van der Waals surface area contributed by atoms with Gasteiger partial charge >= 0.3 is 0 Å². The Bertz CT molecular complexity index is 978. The Morgan fingerprint density at radius 1 is 1.14 bits per heavy atom. The number of rotatable bonds is 5. The molecule has 0 fully saturated rings. The molecule has 0 aliphatic carbocycles. The lowest BCUT2D eigenvalue weighted by Crippen LogP contribution is -2.36. The van der Waals surface area contributed by atoms with Crippen LogP contribution in [0, 0.1) is 5.82 Å². The number of anilines is 1. The van der Waals surface area contributed by atoms with Crippen molar-refractivity contribution in [2.45, 2.75) is 0 Å². The lowest BCUT2D eigenvalue weighted by atomic mass is 10.2. The summed E-state index contributed by atoms with van der Waals surface area (Å²) in [6.45, 7) is 2.11. The highest BCUT2D eigenvalue weighted by atomic mass is 32.1. The largest absolute Gasteiger partial charge is 0.486 e. The number of thiazole rings is 1. The van der Waals surface area contributed by atoms with Crippen molar-refractivity contribution in [2.75, 3.05) is 45.3 Å². The van der Waals surface area contributed by atoms with Crippen molar-refractivity contribution >= 4 is 32.6 Å². The van der Waals surface area contributed by atoms with Gasteiger partial charge in [-0.1, -0.05) is 17.4 Å². The molecule has 146 valence electrons. The highest BCUT2D eigenvalue weighted by Gasteiger charge is 2.23. The first-order valence-corrected chi connectivity index (χ1v) is 9.75. The van der Waals surface area contributed by atoms with Gasteiger partial charge in [0.2, 0.25) is 0 Å². The molecule has 0 bridgehead atoms. The van der Waals surface area contributed by atoms with Crippen molar-refractivity contribution in [3.63, 3.8) is 0 Å². The Hall–Kier alpha value is -2.71. The molecular formula is C20H20FN3O3S. The predicted octanol–water partition coefficient (Wildman–Crippen LogP) is 3.42. The van der Waals surface area contributed by atoms with Crippen molar-refractivity contribution in [3.05, 3.63) is 47.8 Å². The summed E-state index contributed by atoms with van der Waals surface area (Å²) in [4.78, 5) is 21.3. The van der Waals surface area contributed by atoms with Gasteiger partial charge in [-0.25, -0.2) is 9.37 Å². The minimum absolute atomic E-state index is 0.280. The van der Waals surface area contributed by atoms with Gasteiger partial charge in [0, 0.05) is 30.8 Å². The minimum atomic E-state index is -0.440. The molecule has 1 aliphatic rings. The number of hydrogen-bond acceptors (Lipinski definition) is 6. The first-order chi connectivity index (χ1) is 13.5. The third-order valence-corrected chi connectivity index (χ3v) is 5.40. The van der Waals surface area contributed by atoms with Crippen molar-refractivity contribution in [3.8, 4) is 11.5 Å². The zero-order chi connectivity index (χ0) is 19.7. The van der Waals surface area contributed by atoms with E-state index in [1.54, 1.807) is 11.0 Å². The maximum atomic E-state index is 13.6. The van der Waals surface area contributed by atoms with Gasteiger partial charge in [0.15, 0.2) is 16.6 Å². The Balaban J connectivity index is 1.72. The SMILES string of the molecule is CN(C)CCN(C(=O)c1cccc(F)c1)c1nc2cc3c(cc2s1)OCCO3. The summed E-state index contributed by atoms with van der Waals surface area (Å²) in [5.74, 6) is 0.625. The van der Waals surface area contributed by atoms with Crippen LogP contribution in [0.3, 0.4) is 0 Å². The molecule has 1 aromatic heterocycles. The van der Waals surface area contributed by atoms with Gasteiger partial charge in [-0.05, 0) is 32.3 Å².